The van der Waals surface area contributed by atoms with Crippen LogP contribution in [0, 0.1) is 17.2 Å². The first-order chi connectivity index (χ1) is 8.61. The fraction of sp³-hybridized carbons (Fsp3) is 0.769. The van der Waals surface area contributed by atoms with Gasteiger partial charge < -0.3 is 4.52 Å². The highest BCUT2D eigenvalue weighted by molar-refractivity contribution is 4.97. The third-order valence-electron chi connectivity index (χ3n) is 3.59. The summed E-state index contributed by atoms with van der Waals surface area (Å²) in [6, 6.07) is 2.49. The van der Waals surface area contributed by atoms with Crippen molar-refractivity contribution in [2.24, 2.45) is 5.92 Å². The Hall–Kier alpha value is -1.41. The van der Waals surface area contributed by atoms with Crippen molar-refractivity contribution >= 4 is 0 Å². The standard InChI is InChI=1S/C13H20N4O/c1-9(2)12-15-13(18-16-12)10(3)17-6-4-11(8-14)5-7-17/h9-11H,4-7H2,1-3H3. The molecule has 2 rings (SSSR count). The van der Waals surface area contributed by atoms with Gasteiger partial charge in [-0.1, -0.05) is 19.0 Å². The number of nitriles is 1. The number of rotatable bonds is 3. The van der Waals surface area contributed by atoms with Crippen molar-refractivity contribution < 1.29 is 4.52 Å². The van der Waals surface area contributed by atoms with E-state index in [0.717, 1.165) is 31.8 Å². The minimum atomic E-state index is 0.143. The van der Waals surface area contributed by atoms with Gasteiger partial charge in [0.2, 0.25) is 5.89 Å². The molecule has 0 bridgehead atoms. The molecule has 0 radical (unpaired) electrons. The number of piperidine rings is 1. The first-order valence-electron chi connectivity index (χ1n) is 6.59. The Morgan fingerprint density at radius 3 is 2.50 bits per heavy atom. The number of aromatic nitrogens is 2. The lowest BCUT2D eigenvalue weighted by atomic mass is 9.97. The van der Waals surface area contributed by atoms with Gasteiger partial charge in [0.25, 0.3) is 0 Å². The molecule has 1 aliphatic rings. The minimum absolute atomic E-state index is 0.143. The molecule has 0 aliphatic carbocycles. The molecular formula is C13H20N4O. The molecule has 1 saturated heterocycles. The molecule has 0 saturated carbocycles. The molecular weight excluding hydrogens is 228 g/mol. The van der Waals surface area contributed by atoms with Crippen LogP contribution in [-0.4, -0.2) is 28.1 Å². The Morgan fingerprint density at radius 2 is 2.00 bits per heavy atom. The topological polar surface area (TPSA) is 66.0 Å². The van der Waals surface area contributed by atoms with Gasteiger partial charge in [-0.3, -0.25) is 4.90 Å². The van der Waals surface area contributed by atoms with E-state index in [0.29, 0.717) is 11.8 Å². The Morgan fingerprint density at radius 1 is 1.33 bits per heavy atom. The van der Waals surface area contributed by atoms with E-state index in [4.69, 9.17) is 9.78 Å². The van der Waals surface area contributed by atoms with E-state index >= 15 is 0 Å². The summed E-state index contributed by atoms with van der Waals surface area (Å²) in [5.41, 5.74) is 0. The van der Waals surface area contributed by atoms with Crippen LogP contribution in [0.1, 0.15) is 57.3 Å². The Bertz CT molecular complexity index is 426. The van der Waals surface area contributed by atoms with Gasteiger partial charge in [0, 0.05) is 24.9 Å². The van der Waals surface area contributed by atoms with Gasteiger partial charge in [-0.2, -0.15) is 10.2 Å². The van der Waals surface area contributed by atoms with Gasteiger partial charge in [0.1, 0.15) is 0 Å². The van der Waals surface area contributed by atoms with Gasteiger partial charge in [-0.25, -0.2) is 0 Å². The van der Waals surface area contributed by atoms with Crippen molar-refractivity contribution in [1.82, 2.24) is 15.0 Å². The largest absolute Gasteiger partial charge is 0.338 e. The molecule has 1 aromatic rings. The Labute approximate surface area is 108 Å². The molecule has 5 nitrogen and oxygen atoms in total. The fourth-order valence-corrected chi connectivity index (χ4v) is 2.22. The van der Waals surface area contributed by atoms with Crippen LogP contribution in [0.5, 0.6) is 0 Å². The highest BCUT2D eigenvalue weighted by Crippen LogP contribution is 2.26. The van der Waals surface area contributed by atoms with Crippen LogP contribution in [0.2, 0.25) is 0 Å². The second-order valence-corrected chi connectivity index (χ2v) is 5.26. The van der Waals surface area contributed by atoms with Crippen molar-refractivity contribution in [3.05, 3.63) is 11.7 Å². The third kappa shape index (κ3) is 2.70. The summed E-state index contributed by atoms with van der Waals surface area (Å²) < 4.78 is 5.33. The lowest BCUT2D eigenvalue weighted by molar-refractivity contribution is 0.132. The van der Waals surface area contributed by atoms with E-state index < -0.39 is 0 Å². The molecule has 18 heavy (non-hydrogen) atoms. The van der Waals surface area contributed by atoms with E-state index in [2.05, 4.69) is 41.9 Å². The maximum atomic E-state index is 8.89. The van der Waals surface area contributed by atoms with Gasteiger partial charge in [0.05, 0.1) is 12.1 Å². The highest BCUT2D eigenvalue weighted by atomic mass is 16.5. The zero-order valence-corrected chi connectivity index (χ0v) is 11.3. The van der Waals surface area contributed by atoms with Gasteiger partial charge in [-0.05, 0) is 19.8 Å². The summed E-state index contributed by atoms with van der Waals surface area (Å²) in [5, 5.41) is 12.9. The predicted molar refractivity (Wildman–Crippen MR) is 66.7 cm³/mol. The van der Waals surface area contributed by atoms with Crippen LogP contribution in [0.4, 0.5) is 0 Å². The quantitative estimate of drug-likeness (QED) is 0.822. The van der Waals surface area contributed by atoms with Crippen molar-refractivity contribution in [2.45, 2.75) is 45.6 Å². The van der Waals surface area contributed by atoms with Crippen LogP contribution < -0.4 is 0 Å². The highest BCUT2D eigenvalue weighted by Gasteiger charge is 2.26. The van der Waals surface area contributed by atoms with Crippen LogP contribution in [-0.2, 0) is 0 Å². The number of likely N-dealkylation sites (tertiary alicyclic amines) is 1. The average molecular weight is 248 g/mol. The fourth-order valence-electron chi connectivity index (χ4n) is 2.22. The molecule has 1 aliphatic heterocycles. The Kier molecular flexibility index (Phi) is 3.97. The molecule has 1 unspecified atom stereocenters. The molecule has 1 aromatic heterocycles. The summed E-state index contributed by atoms with van der Waals surface area (Å²) in [5.74, 6) is 1.96. The first kappa shape index (κ1) is 13.0. The summed E-state index contributed by atoms with van der Waals surface area (Å²) in [4.78, 5) is 6.75. The second kappa shape index (κ2) is 5.49. The van der Waals surface area contributed by atoms with Gasteiger partial charge in [-0.15, -0.1) is 0 Å². The minimum Gasteiger partial charge on any atom is -0.338 e. The molecule has 98 valence electrons. The molecule has 5 heteroatoms. The smallest absolute Gasteiger partial charge is 0.243 e. The van der Waals surface area contributed by atoms with E-state index in [1.54, 1.807) is 0 Å². The van der Waals surface area contributed by atoms with Crippen LogP contribution in [0.25, 0.3) is 0 Å². The molecule has 0 N–H and O–H groups in total. The van der Waals surface area contributed by atoms with Gasteiger partial charge in [0.15, 0.2) is 5.82 Å². The van der Waals surface area contributed by atoms with Crippen LogP contribution in [0.15, 0.2) is 4.52 Å². The maximum absolute atomic E-state index is 8.89. The number of nitrogens with zero attached hydrogens (tertiary/aromatic N) is 4. The number of hydrogen-bond acceptors (Lipinski definition) is 5. The lowest BCUT2D eigenvalue weighted by Crippen LogP contribution is -2.35. The van der Waals surface area contributed by atoms with Crippen molar-refractivity contribution in [2.75, 3.05) is 13.1 Å². The van der Waals surface area contributed by atoms with E-state index in [-0.39, 0.29) is 12.0 Å². The normalized spacial score (nSPS) is 19.9. The molecule has 0 amide bonds. The summed E-state index contributed by atoms with van der Waals surface area (Å²) in [6.07, 6.45) is 1.87. The monoisotopic (exact) mass is 248 g/mol. The van der Waals surface area contributed by atoms with Gasteiger partial charge >= 0.3 is 0 Å². The van der Waals surface area contributed by atoms with E-state index in [1.807, 2.05) is 0 Å². The SMILES string of the molecule is CC(C)c1noc(C(C)N2CCC(C#N)CC2)n1. The Balaban J connectivity index is 1.99. The molecule has 2 heterocycles. The van der Waals surface area contributed by atoms with Crippen LogP contribution >= 0.6 is 0 Å². The van der Waals surface area contributed by atoms with Crippen molar-refractivity contribution in [1.29, 1.82) is 5.26 Å². The predicted octanol–water partition coefficient (Wildman–Crippen LogP) is 2.49. The van der Waals surface area contributed by atoms with E-state index in [1.165, 1.54) is 0 Å². The number of hydrogen-bond donors (Lipinski definition) is 0. The molecule has 1 atom stereocenters. The third-order valence-corrected chi connectivity index (χ3v) is 3.59. The summed E-state index contributed by atoms with van der Waals surface area (Å²) in [6.45, 7) is 8.05. The molecule has 1 fully saturated rings. The summed E-state index contributed by atoms with van der Waals surface area (Å²) in [7, 11) is 0. The van der Waals surface area contributed by atoms with Crippen molar-refractivity contribution in [3.63, 3.8) is 0 Å². The van der Waals surface area contributed by atoms with Crippen LogP contribution in [0.3, 0.4) is 0 Å². The van der Waals surface area contributed by atoms with E-state index in [9.17, 15) is 0 Å². The zero-order valence-electron chi connectivity index (χ0n) is 11.3. The maximum Gasteiger partial charge on any atom is 0.243 e. The average Bonchev–Trinajstić information content (AvgIpc) is 2.88. The molecule has 0 spiro atoms. The lowest BCUT2D eigenvalue weighted by Gasteiger charge is -2.32. The van der Waals surface area contributed by atoms with Crippen molar-refractivity contribution in [3.8, 4) is 6.07 Å². The zero-order chi connectivity index (χ0) is 13.1. The first-order valence-corrected chi connectivity index (χ1v) is 6.59. The molecule has 0 aromatic carbocycles. The second-order valence-electron chi connectivity index (χ2n) is 5.26. The summed E-state index contributed by atoms with van der Waals surface area (Å²) >= 11 is 0.